The summed E-state index contributed by atoms with van der Waals surface area (Å²) in [6.07, 6.45) is 2.61. The fourth-order valence-electron chi connectivity index (χ4n) is 4.00. The van der Waals surface area contributed by atoms with Crippen LogP contribution >= 0.6 is 0 Å². The second-order valence-electron chi connectivity index (χ2n) is 9.81. The summed E-state index contributed by atoms with van der Waals surface area (Å²) < 4.78 is 0. The van der Waals surface area contributed by atoms with E-state index in [1.807, 2.05) is 45.0 Å². The summed E-state index contributed by atoms with van der Waals surface area (Å²) in [4.78, 5) is 53.9. The number of aliphatic hydroxyl groups excluding tert-OH is 1. The summed E-state index contributed by atoms with van der Waals surface area (Å²) >= 11 is 0. The van der Waals surface area contributed by atoms with Crippen LogP contribution in [0.15, 0.2) is 30.5 Å². The van der Waals surface area contributed by atoms with Gasteiger partial charge in [-0.05, 0) is 29.9 Å². The van der Waals surface area contributed by atoms with E-state index in [-0.39, 0.29) is 24.7 Å². The van der Waals surface area contributed by atoms with Crippen LogP contribution in [0.1, 0.15) is 46.1 Å². The molecule has 0 bridgehead atoms. The Labute approximate surface area is 216 Å². The Balaban J connectivity index is 2.30. The first-order valence-corrected chi connectivity index (χ1v) is 12.5. The van der Waals surface area contributed by atoms with Crippen molar-refractivity contribution in [3.63, 3.8) is 0 Å². The van der Waals surface area contributed by atoms with Gasteiger partial charge in [0.05, 0.1) is 6.61 Å². The zero-order chi connectivity index (χ0) is 27.7. The van der Waals surface area contributed by atoms with Crippen molar-refractivity contribution in [2.75, 3.05) is 6.61 Å². The van der Waals surface area contributed by atoms with Crippen LogP contribution in [0.25, 0.3) is 10.9 Å². The third-order valence-corrected chi connectivity index (χ3v) is 6.38. The number of aliphatic carboxylic acids is 1. The Bertz CT molecular complexity index is 1080. The van der Waals surface area contributed by atoms with Crippen molar-refractivity contribution in [3.8, 4) is 0 Å². The van der Waals surface area contributed by atoms with Gasteiger partial charge in [0.2, 0.25) is 17.7 Å². The third kappa shape index (κ3) is 8.29. The van der Waals surface area contributed by atoms with Gasteiger partial charge in [0.1, 0.15) is 24.2 Å². The molecule has 1 heterocycles. The first kappa shape index (κ1) is 29.8. The van der Waals surface area contributed by atoms with E-state index in [4.69, 9.17) is 5.73 Å². The fourth-order valence-corrected chi connectivity index (χ4v) is 4.00. The monoisotopic (exact) mass is 517 g/mol. The van der Waals surface area contributed by atoms with Crippen LogP contribution in [0.2, 0.25) is 0 Å². The van der Waals surface area contributed by atoms with E-state index in [1.54, 1.807) is 13.1 Å². The molecule has 0 fully saturated rings. The summed E-state index contributed by atoms with van der Waals surface area (Å²) in [7, 11) is 0. The lowest BCUT2D eigenvalue weighted by Crippen LogP contribution is -2.59. The molecule has 0 aliphatic rings. The Morgan fingerprint density at radius 3 is 2.22 bits per heavy atom. The number of para-hydroxylation sites is 1. The molecule has 5 unspecified atom stereocenters. The number of amides is 3. The molecule has 11 heteroatoms. The number of rotatable bonds is 14. The molecular formula is C26H39N5O6. The van der Waals surface area contributed by atoms with Gasteiger partial charge in [0.25, 0.3) is 0 Å². The minimum atomic E-state index is -1.22. The van der Waals surface area contributed by atoms with Crippen molar-refractivity contribution in [1.82, 2.24) is 20.9 Å². The Hall–Kier alpha value is -3.44. The number of aromatic nitrogens is 1. The lowest BCUT2D eigenvalue weighted by molar-refractivity contribution is -0.143. The van der Waals surface area contributed by atoms with Gasteiger partial charge in [-0.3, -0.25) is 14.4 Å². The van der Waals surface area contributed by atoms with Crippen LogP contribution in [-0.4, -0.2) is 69.7 Å². The predicted octanol–water partition coefficient (Wildman–Crippen LogP) is 0.661. The molecule has 0 saturated carbocycles. The molecule has 1 aromatic carbocycles. The minimum Gasteiger partial charge on any atom is -0.480 e. The van der Waals surface area contributed by atoms with E-state index in [0.717, 1.165) is 16.5 Å². The van der Waals surface area contributed by atoms with Gasteiger partial charge in [-0.2, -0.15) is 0 Å². The van der Waals surface area contributed by atoms with Gasteiger partial charge < -0.3 is 36.9 Å². The summed E-state index contributed by atoms with van der Waals surface area (Å²) in [5, 5.41) is 27.5. The molecule has 1 aromatic heterocycles. The largest absolute Gasteiger partial charge is 0.480 e. The van der Waals surface area contributed by atoms with Gasteiger partial charge in [-0.25, -0.2) is 4.79 Å². The molecule has 8 N–H and O–H groups in total. The molecule has 0 aliphatic carbocycles. The van der Waals surface area contributed by atoms with Crippen molar-refractivity contribution in [1.29, 1.82) is 0 Å². The second-order valence-corrected chi connectivity index (χ2v) is 9.81. The molecule has 2 aromatic rings. The van der Waals surface area contributed by atoms with Crippen molar-refractivity contribution >= 4 is 34.6 Å². The molecule has 3 amide bonds. The van der Waals surface area contributed by atoms with Crippen molar-refractivity contribution < 1.29 is 29.4 Å². The third-order valence-electron chi connectivity index (χ3n) is 6.38. The molecular weight excluding hydrogens is 478 g/mol. The summed E-state index contributed by atoms with van der Waals surface area (Å²) in [6, 6.07) is 3.04. The van der Waals surface area contributed by atoms with Crippen LogP contribution in [0.4, 0.5) is 0 Å². The highest BCUT2D eigenvalue weighted by Gasteiger charge is 2.33. The van der Waals surface area contributed by atoms with Crippen molar-refractivity contribution in [2.24, 2.45) is 17.6 Å². The topological polar surface area (TPSA) is 187 Å². The highest BCUT2D eigenvalue weighted by molar-refractivity contribution is 5.95. The fraction of sp³-hybridized carbons (Fsp3) is 0.538. The SMILES string of the molecule is CCC(C)C(NC(=O)C(Cc1c[nH]c2ccccc12)NC(=O)C(N)CO)C(=O)NC(CC(C)C)C(=O)O. The maximum atomic E-state index is 13.4. The number of aromatic amines is 1. The van der Waals surface area contributed by atoms with E-state index >= 15 is 0 Å². The van der Waals surface area contributed by atoms with Crippen molar-refractivity contribution in [3.05, 3.63) is 36.0 Å². The lowest BCUT2D eigenvalue weighted by Gasteiger charge is -2.28. The molecule has 0 radical (unpaired) electrons. The Morgan fingerprint density at radius 2 is 1.62 bits per heavy atom. The van der Waals surface area contributed by atoms with Gasteiger partial charge >= 0.3 is 5.97 Å². The number of fused-ring (bicyclic) bond motifs is 1. The van der Waals surface area contributed by atoms with Gasteiger partial charge in [0.15, 0.2) is 0 Å². The number of carboxylic acid groups (broad SMARTS) is 1. The highest BCUT2D eigenvalue weighted by atomic mass is 16.4. The Morgan fingerprint density at radius 1 is 0.973 bits per heavy atom. The van der Waals surface area contributed by atoms with Crippen LogP contribution in [0, 0.1) is 11.8 Å². The summed E-state index contributed by atoms with van der Waals surface area (Å²) in [5.41, 5.74) is 7.27. The average Bonchev–Trinajstić information content (AvgIpc) is 3.27. The van der Waals surface area contributed by atoms with Gasteiger partial charge in [0, 0.05) is 23.5 Å². The predicted molar refractivity (Wildman–Crippen MR) is 139 cm³/mol. The molecule has 0 spiro atoms. The van der Waals surface area contributed by atoms with E-state index in [2.05, 4.69) is 20.9 Å². The maximum Gasteiger partial charge on any atom is 0.326 e. The number of aliphatic hydroxyl groups is 1. The number of carbonyl (C=O) groups excluding carboxylic acids is 3. The minimum absolute atomic E-state index is 0.0320. The first-order valence-electron chi connectivity index (χ1n) is 12.5. The molecule has 5 atom stereocenters. The Kier molecular flexibility index (Phi) is 11.1. The quantitative estimate of drug-likeness (QED) is 0.192. The van der Waals surface area contributed by atoms with Crippen LogP contribution in [0.3, 0.4) is 0 Å². The van der Waals surface area contributed by atoms with Gasteiger partial charge in [-0.1, -0.05) is 52.3 Å². The van der Waals surface area contributed by atoms with E-state index in [9.17, 15) is 29.4 Å². The normalized spacial score (nSPS) is 15.4. The summed E-state index contributed by atoms with van der Waals surface area (Å²) in [5.74, 6) is -3.39. The zero-order valence-corrected chi connectivity index (χ0v) is 21.8. The van der Waals surface area contributed by atoms with Crippen LogP contribution in [-0.2, 0) is 25.6 Å². The zero-order valence-electron chi connectivity index (χ0n) is 21.8. The lowest BCUT2D eigenvalue weighted by atomic mass is 9.96. The van der Waals surface area contributed by atoms with Gasteiger partial charge in [-0.15, -0.1) is 0 Å². The maximum absolute atomic E-state index is 13.4. The highest BCUT2D eigenvalue weighted by Crippen LogP contribution is 2.20. The van der Waals surface area contributed by atoms with E-state index < -0.39 is 54.5 Å². The number of benzene rings is 1. The number of nitrogens with two attached hydrogens (primary N) is 1. The number of nitrogens with one attached hydrogen (secondary N) is 4. The summed E-state index contributed by atoms with van der Waals surface area (Å²) in [6.45, 7) is 6.73. The smallest absolute Gasteiger partial charge is 0.326 e. The molecule has 204 valence electrons. The number of hydrogen-bond donors (Lipinski definition) is 7. The molecule has 2 rings (SSSR count). The van der Waals surface area contributed by atoms with Crippen LogP contribution in [0.5, 0.6) is 0 Å². The van der Waals surface area contributed by atoms with Crippen molar-refractivity contribution in [2.45, 2.75) is 71.1 Å². The standard InChI is InChI=1S/C26H39N5O6/c1-5-15(4)22(25(35)30-21(26(36)37)10-14(2)3)31-24(34)20(29-23(33)18(27)13-32)11-16-12-28-19-9-7-6-8-17(16)19/h6-9,12,14-15,18,20-22,28,32H,5,10-11,13,27H2,1-4H3,(H,29,33)(H,30,35)(H,31,34)(H,36,37). The first-order chi connectivity index (χ1) is 17.5. The average molecular weight is 518 g/mol. The molecule has 0 aliphatic heterocycles. The molecule has 0 saturated heterocycles. The number of carbonyl (C=O) groups is 4. The number of carboxylic acids is 1. The van der Waals surface area contributed by atoms with Crippen LogP contribution < -0.4 is 21.7 Å². The van der Waals surface area contributed by atoms with E-state index in [0.29, 0.717) is 6.42 Å². The second kappa shape index (κ2) is 13.8. The number of H-pyrrole nitrogens is 1. The number of hydrogen-bond acceptors (Lipinski definition) is 6. The molecule has 37 heavy (non-hydrogen) atoms. The van der Waals surface area contributed by atoms with E-state index in [1.165, 1.54) is 0 Å². The molecule has 11 nitrogen and oxygen atoms in total.